The molecule has 22 heavy (non-hydrogen) atoms. The number of hydrogen-bond acceptors (Lipinski definition) is 3. The first-order valence-corrected chi connectivity index (χ1v) is 8.40. The number of nitrogens with zero attached hydrogens (tertiary/aromatic N) is 1. The maximum Gasteiger partial charge on any atom is 0.263 e. The van der Waals surface area contributed by atoms with Crippen LogP contribution in [0.2, 0.25) is 0 Å². The summed E-state index contributed by atoms with van der Waals surface area (Å²) in [7, 11) is 3.52. The molecular formula is C18H21NO2S. The summed E-state index contributed by atoms with van der Waals surface area (Å²) >= 11 is 1.66. The number of rotatable bonds is 4. The molecule has 0 saturated heterocycles. The fourth-order valence-corrected chi connectivity index (χ4v) is 4.23. The second-order valence-corrected chi connectivity index (χ2v) is 7.03. The lowest BCUT2D eigenvalue weighted by Crippen LogP contribution is -2.25. The van der Waals surface area contributed by atoms with E-state index in [0.29, 0.717) is 6.54 Å². The molecule has 0 N–H and O–H groups in total. The summed E-state index contributed by atoms with van der Waals surface area (Å²) in [5.41, 5.74) is 3.59. The minimum Gasteiger partial charge on any atom is -0.496 e. The monoisotopic (exact) mass is 315 g/mol. The van der Waals surface area contributed by atoms with Gasteiger partial charge in [0.05, 0.1) is 12.0 Å². The standard InChI is InChI=1S/C18H21NO2S/c1-12-7-8-15(21-3)14(9-12)11-19(2)18(20)17-10-13-5-4-6-16(13)22-17/h7-10H,4-6,11H2,1-3H3. The number of aryl methyl sites for hydroxylation is 3. The summed E-state index contributed by atoms with van der Waals surface area (Å²) in [6, 6.07) is 8.15. The van der Waals surface area contributed by atoms with Gasteiger partial charge in [-0.15, -0.1) is 11.3 Å². The Morgan fingerprint density at radius 1 is 1.32 bits per heavy atom. The molecule has 1 heterocycles. The van der Waals surface area contributed by atoms with Crippen molar-refractivity contribution in [1.29, 1.82) is 0 Å². The summed E-state index contributed by atoms with van der Waals surface area (Å²) in [6.07, 6.45) is 3.48. The Morgan fingerprint density at radius 2 is 2.14 bits per heavy atom. The van der Waals surface area contributed by atoms with E-state index in [-0.39, 0.29) is 5.91 Å². The SMILES string of the molecule is COc1ccc(C)cc1CN(C)C(=O)c1cc2c(s1)CCC2. The van der Waals surface area contributed by atoms with E-state index in [1.807, 2.05) is 19.2 Å². The van der Waals surface area contributed by atoms with Gasteiger partial charge in [0.25, 0.3) is 5.91 Å². The molecule has 3 nitrogen and oxygen atoms in total. The van der Waals surface area contributed by atoms with Gasteiger partial charge in [-0.3, -0.25) is 4.79 Å². The molecule has 0 spiro atoms. The van der Waals surface area contributed by atoms with E-state index in [9.17, 15) is 4.79 Å². The number of carbonyl (C=O) groups is 1. The van der Waals surface area contributed by atoms with Crippen LogP contribution in [0.15, 0.2) is 24.3 Å². The van der Waals surface area contributed by atoms with Crippen molar-refractivity contribution in [3.05, 3.63) is 50.7 Å². The lowest BCUT2D eigenvalue weighted by atomic mass is 10.1. The van der Waals surface area contributed by atoms with Crippen molar-refractivity contribution in [3.63, 3.8) is 0 Å². The van der Waals surface area contributed by atoms with Crippen LogP contribution in [0.25, 0.3) is 0 Å². The van der Waals surface area contributed by atoms with Gasteiger partial charge in [0, 0.05) is 24.0 Å². The zero-order chi connectivity index (χ0) is 15.7. The van der Waals surface area contributed by atoms with E-state index >= 15 is 0 Å². The van der Waals surface area contributed by atoms with Gasteiger partial charge in [-0.05, 0) is 43.9 Å². The van der Waals surface area contributed by atoms with Crippen LogP contribution in [0.3, 0.4) is 0 Å². The first-order valence-electron chi connectivity index (χ1n) is 7.59. The van der Waals surface area contributed by atoms with Gasteiger partial charge < -0.3 is 9.64 Å². The largest absolute Gasteiger partial charge is 0.496 e. The number of methoxy groups -OCH3 is 1. The Labute approximate surface area is 135 Å². The number of amides is 1. The Balaban J connectivity index is 1.77. The predicted molar refractivity (Wildman–Crippen MR) is 89.9 cm³/mol. The molecule has 116 valence electrons. The molecular weight excluding hydrogens is 294 g/mol. The van der Waals surface area contributed by atoms with Crippen molar-refractivity contribution in [2.75, 3.05) is 14.2 Å². The normalized spacial score (nSPS) is 13.0. The van der Waals surface area contributed by atoms with Gasteiger partial charge in [0.15, 0.2) is 0 Å². The summed E-state index contributed by atoms with van der Waals surface area (Å²) < 4.78 is 5.40. The zero-order valence-corrected chi connectivity index (χ0v) is 14.1. The van der Waals surface area contributed by atoms with Crippen LogP contribution >= 0.6 is 11.3 Å². The Bertz CT molecular complexity index is 684. The van der Waals surface area contributed by atoms with Crippen LogP contribution in [0.4, 0.5) is 0 Å². The quantitative estimate of drug-likeness (QED) is 0.858. The van der Waals surface area contributed by atoms with Crippen molar-refractivity contribution in [3.8, 4) is 5.75 Å². The minimum absolute atomic E-state index is 0.1000. The molecule has 1 aromatic carbocycles. The zero-order valence-electron chi connectivity index (χ0n) is 13.3. The van der Waals surface area contributed by atoms with Gasteiger partial charge in [-0.2, -0.15) is 0 Å². The van der Waals surface area contributed by atoms with E-state index in [1.165, 1.54) is 22.4 Å². The Hall–Kier alpha value is -1.81. The van der Waals surface area contributed by atoms with Crippen molar-refractivity contribution >= 4 is 17.2 Å². The second-order valence-electron chi connectivity index (χ2n) is 5.89. The summed E-state index contributed by atoms with van der Waals surface area (Å²) in [5, 5.41) is 0. The highest BCUT2D eigenvalue weighted by atomic mass is 32.1. The summed E-state index contributed by atoms with van der Waals surface area (Å²) in [4.78, 5) is 16.7. The molecule has 0 radical (unpaired) electrons. The molecule has 2 aromatic rings. The van der Waals surface area contributed by atoms with Crippen molar-refractivity contribution in [2.45, 2.75) is 32.7 Å². The van der Waals surface area contributed by atoms with E-state index < -0.39 is 0 Å². The van der Waals surface area contributed by atoms with Gasteiger partial charge in [-0.25, -0.2) is 0 Å². The number of benzene rings is 1. The topological polar surface area (TPSA) is 29.5 Å². The van der Waals surface area contributed by atoms with Gasteiger partial charge >= 0.3 is 0 Å². The van der Waals surface area contributed by atoms with E-state index in [0.717, 1.165) is 29.0 Å². The molecule has 0 fully saturated rings. The predicted octanol–water partition coefficient (Wildman–Crippen LogP) is 3.83. The Morgan fingerprint density at radius 3 is 2.86 bits per heavy atom. The van der Waals surface area contributed by atoms with E-state index in [2.05, 4.69) is 19.1 Å². The third-order valence-electron chi connectivity index (χ3n) is 4.15. The van der Waals surface area contributed by atoms with E-state index in [4.69, 9.17) is 4.74 Å². The smallest absolute Gasteiger partial charge is 0.263 e. The number of ether oxygens (including phenoxy) is 1. The van der Waals surface area contributed by atoms with Crippen LogP contribution in [0, 0.1) is 6.92 Å². The fourth-order valence-electron chi connectivity index (χ4n) is 2.98. The summed E-state index contributed by atoms with van der Waals surface area (Å²) in [5.74, 6) is 0.932. The number of thiophene rings is 1. The number of fused-ring (bicyclic) bond motifs is 1. The fraction of sp³-hybridized carbons (Fsp3) is 0.389. The molecule has 1 aliphatic rings. The third kappa shape index (κ3) is 2.88. The first kappa shape index (κ1) is 15.1. The van der Waals surface area contributed by atoms with Crippen LogP contribution in [0.5, 0.6) is 5.75 Å². The highest BCUT2D eigenvalue weighted by molar-refractivity contribution is 7.14. The van der Waals surface area contributed by atoms with Crippen molar-refractivity contribution in [2.24, 2.45) is 0 Å². The first-order chi connectivity index (χ1) is 10.6. The Kier molecular flexibility index (Phi) is 4.21. The minimum atomic E-state index is 0.1000. The van der Waals surface area contributed by atoms with Crippen LogP contribution in [-0.4, -0.2) is 25.0 Å². The maximum atomic E-state index is 12.6. The number of hydrogen-bond donors (Lipinski definition) is 0. The van der Waals surface area contributed by atoms with Crippen LogP contribution in [-0.2, 0) is 19.4 Å². The molecule has 0 unspecified atom stereocenters. The third-order valence-corrected chi connectivity index (χ3v) is 5.37. The molecule has 0 atom stereocenters. The highest BCUT2D eigenvalue weighted by Crippen LogP contribution is 2.31. The summed E-state index contributed by atoms with van der Waals surface area (Å²) in [6.45, 7) is 2.61. The molecule has 3 rings (SSSR count). The van der Waals surface area contributed by atoms with Crippen LogP contribution in [0.1, 0.15) is 37.7 Å². The number of carbonyl (C=O) groups excluding carboxylic acids is 1. The van der Waals surface area contributed by atoms with Crippen molar-refractivity contribution in [1.82, 2.24) is 4.90 Å². The van der Waals surface area contributed by atoms with Gasteiger partial charge in [-0.1, -0.05) is 17.7 Å². The maximum absolute atomic E-state index is 12.6. The molecule has 0 saturated carbocycles. The van der Waals surface area contributed by atoms with Gasteiger partial charge in [0.1, 0.15) is 5.75 Å². The average molecular weight is 315 g/mol. The van der Waals surface area contributed by atoms with E-state index in [1.54, 1.807) is 23.3 Å². The molecule has 0 aliphatic heterocycles. The average Bonchev–Trinajstić information content (AvgIpc) is 3.07. The molecule has 4 heteroatoms. The lowest BCUT2D eigenvalue weighted by Gasteiger charge is -2.18. The lowest BCUT2D eigenvalue weighted by molar-refractivity contribution is 0.0789. The highest BCUT2D eigenvalue weighted by Gasteiger charge is 2.21. The van der Waals surface area contributed by atoms with Gasteiger partial charge in [0.2, 0.25) is 0 Å². The second kappa shape index (κ2) is 6.13. The molecule has 1 aromatic heterocycles. The van der Waals surface area contributed by atoms with Crippen molar-refractivity contribution < 1.29 is 9.53 Å². The molecule has 0 bridgehead atoms. The molecule has 1 amide bonds. The molecule has 1 aliphatic carbocycles. The van der Waals surface area contributed by atoms with Crippen LogP contribution < -0.4 is 4.74 Å².